The number of carbonyl (C=O) groups excluding carboxylic acids is 1. The first-order chi connectivity index (χ1) is 12.6. The first-order valence-corrected chi connectivity index (χ1v) is 7.95. The fraction of sp³-hybridized carbons (Fsp3) is 0.0500. The minimum absolute atomic E-state index is 0.297. The number of amides is 1. The van der Waals surface area contributed by atoms with Gasteiger partial charge in [0.2, 0.25) is 11.8 Å². The van der Waals surface area contributed by atoms with Crippen LogP contribution in [0.5, 0.6) is 11.6 Å². The molecule has 1 amide bonds. The van der Waals surface area contributed by atoms with Crippen molar-refractivity contribution in [2.75, 3.05) is 11.1 Å². The summed E-state index contributed by atoms with van der Waals surface area (Å²) >= 11 is 0. The molecule has 0 radical (unpaired) electrons. The molecule has 26 heavy (non-hydrogen) atoms. The zero-order valence-electron chi connectivity index (χ0n) is 14.3. The molecule has 3 aromatic rings. The molecule has 6 heteroatoms. The number of carbonyl (C=O) groups is 1. The van der Waals surface area contributed by atoms with Crippen LogP contribution in [0.1, 0.15) is 5.56 Å². The Labute approximate surface area is 151 Å². The molecule has 3 N–H and O–H groups in total. The number of aromatic nitrogens is 2. The van der Waals surface area contributed by atoms with E-state index in [9.17, 15) is 4.79 Å². The first kappa shape index (κ1) is 17.2. The largest absolute Gasteiger partial charge is 0.438 e. The molecule has 0 spiro atoms. The highest BCUT2D eigenvalue weighted by Crippen LogP contribution is 2.35. The third-order valence-electron chi connectivity index (χ3n) is 3.68. The Bertz CT molecular complexity index is 952. The van der Waals surface area contributed by atoms with Gasteiger partial charge >= 0.3 is 0 Å². The minimum Gasteiger partial charge on any atom is -0.438 e. The Morgan fingerprint density at radius 1 is 1.19 bits per heavy atom. The predicted octanol–water partition coefficient (Wildman–Crippen LogP) is 3.95. The molecular formula is C20H18N4O2. The van der Waals surface area contributed by atoms with E-state index < -0.39 is 0 Å². The molecule has 0 unspecified atom stereocenters. The van der Waals surface area contributed by atoms with E-state index in [0.29, 0.717) is 28.7 Å². The molecule has 1 aromatic heterocycles. The number of hydrogen-bond donors (Lipinski definition) is 2. The summed E-state index contributed by atoms with van der Waals surface area (Å²) < 4.78 is 5.92. The normalized spacial score (nSPS) is 10.2. The van der Waals surface area contributed by atoms with E-state index >= 15 is 0 Å². The number of nitrogen functional groups attached to an aromatic ring is 1. The summed E-state index contributed by atoms with van der Waals surface area (Å²) in [5, 5.41) is 2.69. The number of anilines is 2. The summed E-state index contributed by atoms with van der Waals surface area (Å²) in [4.78, 5) is 19.7. The number of nitrogens with zero attached hydrogens (tertiary/aromatic N) is 2. The average Bonchev–Trinajstić information content (AvgIpc) is 2.63. The van der Waals surface area contributed by atoms with E-state index in [4.69, 9.17) is 10.5 Å². The van der Waals surface area contributed by atoms with E-state index in [-0.39, 0.29) is 5.91 Å². The van der Waals surface area contributed by atoms with Crippen molar-refractivity contribution in [3.63, 3.8) is 0 Å². The second-order valence-corrected chi connectivity index (χ2v) is 5.63. The third-order valence-corrected chi connectivity index (χ3v) is 3.68. The van der Waals surface area contributed by atoms with Crippen molar-refractivity contribution < 1.29 is 9.53 Å². The second kappa shape index (κ2) is 7.48. The van der Waals surface area contributed by atoms with E-state index in [1.807, 2.05) is 31.2 Å². The van der Waals surface area contributed by atoms with Gasteiger partial charge < -0.3 is 15.8 Å². The standard InChI is InChI=1S/C20H18N4O2/c1-3-17(25)24-15-5-4-6-16(11-15)26-20-18(19(21)22-12-23-20)14-9-7-13(2)8-10-14/h3-12H,1H2,2H3,(H,24,25)(H2,21,22,23). The first-order valence-electron chi connectivity index (χ1n) is 7.95. The van der Waals surface area contributed by atoms with Gasteiger partial charge in [0.25, 0.3) is 0 Å². The highest BCUT2D eigenvalue weighted by Gasteiger charge is 2.14. The number of nitrogens with one attached hydrogen (secondary N) is 1. The molecule has 0 bridgehead atoms. The van der Waals surface area contributed by atoms with Crippen molar-refractivity contribution in [3.05, 3.63) is 73.1 Å². The molecule has 0 aliphatic carbocycles. The van der Waals surface area contributed by atoms with Gasteiger partial charge in [0.15, 0.2) is 0 Å². The molecular weight excluding hydrogens is 328 g/mol. The monoisotopic (exact) mass is 346 g/mol. The van der Waals surface area contributed by atoms with Crippen LogP contribution >= 0.6 is 0 Å². The Hall–Kier alpha value is -3.67. The molecule has 130 valence electrons. The summed E-state index contributed by atoms with van der Waals surface area (Å²) in [6.45, 7) is 5.44. The van der Waals surface area contributed by atoms with E-state index in [0.717, 1.165) is 11.1 Å². The van der Waals surface area contributed by atoms with E-state index in [1.165, 1.54) is 12.4 Å². The molecule has 0 aliphatic rings. The Kier molecular flexibility index (Phi) is 4.94. The van der Waals surface area contributed by atoms with E-state index in [1.54, 1.807) is 24.3 Å². The average molecular weight is 346 g/mol. The summed E-state index contributed by atoms with van der Waals surface area (Å²) in [7, 11) is 0. The van der Waals surface area contributed by atoms with Gasteiger partial charge in [0, 0.05) is 11.8 Å². The van der Waals surface area contributed by atoms with Crippen molar-refractivity contribution >= 4 is 17.4 Å². The fourth-order valence-electron chi connectivity index (χ4n) is 2.39. The summed E-state index contributed by atoms with van der Waals surface area (Å²) in [6.07, 6.45) is 2.56. The molecule has 1 heterocycles. The van der Waals surface area contributed by atoms with Gasteiger partial charge in [0.05, 0.1) is 5.56 Å². The van der Waals surface area contributed by atoms with E-state index in [2.05, 4.69) is 21.9 Å². The lowest BCUT2D eigenvalue weighted by Gasteiger charge is -2.12. The van der Waals surface area contributed by atoms with Crippen LogP contribution in [0.3, 0.4) is 0 Å². The molecule has 6 nitrogen and oxygen atoms in total. The second-order valence-electron chi connectivity index (χ2n) is 5.63. The zero-order chi connectivity index (χ0) is 18.5. The van der Waals surface area contributed by atoms with Crippen LogP contribution in [0.15, 0.2) is 67.5 Å². The molecule has 0 saturated carbocycles. The summed E-state index contributed by atoms with van der Waals surface area (Å²) in [5.74, 6) is 0.885. The van der Waals surface area contributed by atoms with Gasteiger partial charge in [-0.1, -0.05) is 42.5 Å². The number of hydrogen-bond acceptors (Lipinski definition) is 5. The molecule has 3 rings (SSSR count). The number of aryl methyl sites for hydroxylation is 1. The van der Waals surface area contributed by atoms with Crippen molar-refractivity contribution in [3.8, 4) is 22.8 Å². The number of ether oxygens (including phenoxy) is 1. The van der Waals surface area contributed by atoms with Crippen molar-refractivity contribution in [1.82, 2.24) is 9.97 Å². The molecule has 0 saturated heterocycles. The number of nitrogens with two attached hydrogens (primary N) is 1. The Morgan fingerprint density at radius 2 is 1.96 bits per heavy atom. The summed E-state index contributed by atoms with van der Waals surface area (Å²) in [6, 6.07) is 14.8. The lowest BCUT2D eigenvalue weighted by atomic mass is 10.1. The molecule has 0 atom stereocenters. The zero-order valence-corrected chi connectivity index (χ0v) is 14.3. The number of benzene rings is 2. The van der Waals surface area contributed by atoms with Crippen molar-refractivity contribution in [2.45, 2.75) is 6.92 Å². The molecule has 0 aliphatic heterocycles. The number of rotatable bonds is 5. The van der Waals surface area contributed by atoms with Crippen molar-refractivity contribution in [1.29, 1.82) is 0 Å². The van der Waals surface area contributed by atoms with Gasteiger partial charge in [-0.05, 0) is 30.7 Å². The highest BCUT2D eigenvalue weighted by molar-refractivity contribution is 5.98. The van der Waals surface area contributed by atoms with Gasteiger partial charge in [-0.3, -0.25) is 4.79 Å². The van der Waals surface area contributed by atoms with Crippen LogP contribution in [0.4, 0.5) is 11.5 Å². The van der Waals surface area contributed by atoms with Gasteiger partial charge in [-0.25, -0.2) is 9.97 Å². The third kappa shape index (κ3) is 3.87. The summed E-state index contributed by atoms with van der Waals surface area (Å²) in [5.41, 5.74) is 9.26. The van der Waals surface area contributed by atoms with Crippen LogP contribution in [0, 0.1) is 6.92 Å². The van der Waals surface area contributed by atoms with Crippen LogP contribution in [-0.4, -0.2) is 15.9 Å². The SMILES string of the molecule is C=CC(=O)Nc1cccc(Oc2ncnc(N)c2-c2ccc(C)cc2)c1. The van der Waals surface area contributed by atoms with Gasteiger partial charge in [-0.15, -0.1) is 0 Å². The lowest BCUT2D eigenvalue weighted by molar-refractivity contribution is -0.111. The minimum atomic E-state index is -0.297. The Morgan fingerprint density at radius 3 is 2.69 bits per heavy atom. The lowest BCUT2D eigenvalue weighted by Crippen LogP contribution is -2.07. The smallest absolute Gasteiger partial charge is 0.247 e. The predicted molar refractivity (Wildman–Crippen MR) is 102 cm³/mol. The Balaban J connectivity index is 1.95. The van der Waals surface area contributed by atoms with Gasteiger partial charge in [-0.2, -0.15) is 0 Å². The quantitative estimate of drug-likeness (QED) is 0.683. The molecule has 0 fully saturated rings. The van der Waals surface area contributed by atoms with Crippen LogP contribution < -0.4 is 15.8 Å². The van der Waals surface area contributed by atoms with Crippen molar-refractivity contribution in [2.24, 2.45) is 0 Å². The maximum Gasteiger partial charge on any atom is 0.247 e. The van der Waals surface area contributed by atoms with Crippen LogP contribution in [0.25, 0.3) is 11.1 Å². The van der Waals surface area contributed by atoms with Gasteiger partial charge in [0.1, 0.15) is 17.9 Å². The fourth-order valence-corrected chi connectivity index (χ4v) is 2.39. The maximum absolute atomic E-state index is 11.5. The maximum atomic E-state index is 11.5. The topological polar surface area (TPSA) is 90.1 Å². The van der Waals surface area contributed by atoms with Crippen LogP contribution in [0.2, 0.25) is 0 Å². The van der Waals surface area contributed by atoms with Crippen LogP contribution in [-0.2, 0) is 4.79 Å². The highest BCUT2D eigenvalue weighted by atomic mass is 16.5. The molecule has 2 aromatic carbocycles.